The number of hydrogen-bond acceptors (Lipinski definition) is 5. The van der Waals surface area contributed by atoms with Gasteiger partial charge in [0.2, 0.25) is 5.82 Å². The van der Waals surface area contributed by atoms with Crippen LogP contribution in [0.5, 0.6) is 0 Å². The van der Waals surface area contributed by atoms with E-state index in [1.54, 1.807) is 6.92 Å². The SMILES string of the molecule is CCOC(=O)c1nc2nc3cc(C)c(C)cc3nc2[nH]1. The molecule has 0 bridgehead atoms. The number of ether oxygens (including phenoxy) is 1. The molecule has 3 rings (SSSR count). The number of benzene rings is 1. The number of rotatable bonds is 2. The number of aromatic nitrogens is 4. The van der Waals surface area contributed by atoms with Crippen LogP contribution in [0.3, 0.4) is 0 Å². The first-order valence-corrected chi connectivity index (χ1v) is 6.40. The molecule has 1 aromatic carbocycles. The van der Waals surface area contributed by atoms with Crippen molar-refractivity contribution in [3.05, 3.63) is 29.1 Å². The lowest BCUT2D eigenvalue weighted by atomic mass is 10.1. The third-order valence-electron chi connectivity index (χ3n) is 3.18. The molecule has 0 saturated carbocycles. The van der Waals surface area contributed by atoms with E-state index in [0.717, 1.165) is 22.2 Å². The summed E-state index contributed by atoms with van der Waals surface area (Å²) >= 11 is 0. The summed E-state index contributed by atoms with van der Waals surface area (Å²) in [5, 5.41) is 0. The maximum atomic E-state index is 11.6. The van der Waals surface area contributed by atoms with Crippen molar-refractivity contribution < 1.29 is 9.53 Å². The quantitative estimate of drug-likeness (QED) is 0.723. The van der Waals surface area contributed by atoms with Crippen LogP contribution in [0.25, 0.3) is 22.3 Å². The van der Waals surface area contributed by atoms with Crippen LogP contribution in [0.2, 0.25) is 0 Å². The first-order chi connectivity index (χ1) is 9.58. The van der Waals surface area contributed by atoms with Gasteiger partial charge in [0.25, 0.3) is 0 Å². The molecule has 3 aromatic rings. The molecule has 2 heterocycles. The van der Waals surface area contributed by atoms with Crippen molar-refractivity contribution in [1.82, 2.24) is 19.9 Å². The molecule has 0 unspecified atom stereocenters. The number of nitrogens with zero attached hydrogens (tertiary/aromatic N) is 3. The molecule has 0 aliphatic rings. The Kier molecular flexibility index (Phi) is 2.85. The van der Waals surface area contributed by atoms with Gasteiger partial charge in [-0.3, -0.25) is 0 Å². The number of nitrogens with one attached hydrogen (secondary N) is 1. The molecule has 0 amide bonds. The Labute approximate surface area is 115 Å². The smallest absolute Gasteiger partial charge is 0.374 e. The van der Waals surface area contributed by atoms with Crippen LogP contribution in [0.4, 0.5) is 0 Å². The predicted molar refractivity (Wildman–Crippen MR) is 74.6 cm³/mol. The number of aryl methyl sites for hydroxylation is 2. The second kappa shape index (κ2) is 4.56. The summed E-state index contributed by atoms with van der Waals surface area (Å²) in [7, 11) is 0. The van der Waals surface area contributed by atoms with Gasteiger partial charge in [-0.15, -0.1) is 0 Å². The molecule has 1 N–H and O–H groups in total. The van der Waals surface area contributed by atoms with Gasteiger partial charge in [0, 0.05) is 0 Å². The second-order valence-electron chi connectivity index (χ2n) is 4.63. The number of fused-ring (bicyclic) bond motifs is 2. The highest BCUT2D eigenvalue weighted by molar-refractivity contribution is 5.90. The lowest BCUT2D eigenvalue weighted by Gasteiger charge is -2.01. The Hall–Kier alpha value is -2.50. The molecule has 6 nitrogen and oxygen atoms in total. The number of hydrogen-bond donors (Lipinski definition) is 1. The average Bonchev–Trinajstić information content (AvgIpc) is 2.81. The van der Waals surface area contributed by atoms with E-state index in [-0.39, 0.29) is 5.82 Å². The molecule has 0 spiro atoms. The van der Waals surface area contributed by atoms with Gasteiger partial charge in [-0.05, 0) is 44.0 Å². The van der Waals surface area contributed by atoms with Crippen molar-refractivity contribution in [2.45, 2.75) is 20.8 Å². The van der Waals surface area contributed by atoms with Gasteiger partial charge >= 0.3 is 5.97 Å². The van der Waals surface area contributed by atoms with Crippen molar-refractivity contribution in [1.29, 1.82) is 0 Å². The Morgan fingerprint density at radius 2 is 1.80 bits per heavy atom. The fourth-order valence-electron chi connectivity index (χ4n) is 2.01. The van der Waals surface area contributed by atoms with Crippen LogP contribution in [-0.4, -0.2) is 32.5 Å². The van der Waals surface area contributed by atoms with Gasteiger partial charge in [-0.1, -0.05) is 0 Å². The van der Waals surface area contributed by atoms with E-state index in [4.69, 9.17) is 4.74 Å². The second-order valence-corrected chi connectivity index (χ2v) is 4.63. The van der Waals surface area contributed by atoms with E-state index < -0.39 is 5.97 Å². The lowest BCUT2D eigenvalue weighted by Crippen LogP contribution is -2.06. The average molecular weight is 270 g/mol. The van der Waals surface area contributed by atoms with Crippen LogP contribution in [-0.2, 0) is 4.74 Å². The normalized spacial score (nSPS) is 11.2. The minimum absolute atomic E-state index is 0.130. The molecule has 0 atom stereocenters. The molecular formula is C14H14N4O2. The van der Waals surface area contributed by atoms with Crippen molar-refractivity contribution in [3.63, 3.8) is 0 Å². The molecule has 2 aromatic heterocycles. The topological polar surface area (TPSA) is 80.8 Å². The van der Waals surface area contributed by atoms with E-state index in [2.05, 4.69) is 19.9 Å². The summed E-state index contributed by atoms with van der Waals surface area (Å²) < 4.78 is 4.90. The third kappa shape index (κ3) is 1.99. The maximum Gasteiger partial charge on any atom is 0.374 e. The third-order valence-corrected chi connectivity index (χ3v) is 3.18. The number of aromatic amines is 1. The molecule has 20 heavy (non-hydrogen) atoms. The number of H-pyrrole nitrogens is 1. The van der Waals surface area contributed by atoms with Gasteiger partial charge in [0.05, 0.1) is 17.6 Å². The van der Waals surface area contributed by atoms with Gasteiger partial charge in [0.1, 0.15) is 0 Å². The highest BCUT2D eigenvalue weighted by Crippen LogP contribution is 2.18. The van der Waals surface area contributed by atoms with E-state index >= 15 is 0 Å². The summed E-state index contributed by atoms with van der Waals surface area (Å²) in [5.74, 6) is -0.366. The number of carbonyl (C=O) groups is 1. The van der Waals surface area contributed by atoms with E-state index in [1.165, 1.54) is 0 Å². The number of esters is 1. The highest BCUT2D eigenvalue weighted by atomic mass is 16.5. The van der Waals surface area contributed by atoms with Crippen LogP contribution in [0.1, 0.15) is 28.7 Å². The summed E-state index contributed by atoms with van der Waals surface area (Å²) in [5.41, 5.74) is 4.75. The summed E-state index contributed by atoms with van der Waals surface area (Å²) in [4.78, 5) is 27.5. The van der Waals surface area contributed by atoms with Gasteiger partial charge in [0.15, 0.2) is 11.3 Å². The monoisotopic (exact) mass is 270 g/mol. The lowest BCUT2D eigenvalue weighted by molar-refractivity contribution is 0.0513. The Bertz CT molecular complexity index is 764. The van der Waals surface area contributed by atoms with Crippen molar-refractivity contribution >= 4 is 28.3 Å². The van der Waals surface area contributed by atoms with E-state index in [0.29, 0.717) is 17.9 Å². The zero-order valence-corrected chi connectivity index (χ0v) is 11.5. The highest BCUT2D eigenvalue weighted by Gasteiger charge is 2.14. The Morgan fingerprint density at radius 3 is 2.45 bits per heavy atom. The predicted octanol–water partition coefficient (Wildman–Crippen LogP) is 2.30. The molecule has 102 valence electrons. The Balaban J connectivity index is 2.18. The van der Waals surface area contributed by atoms with Gasteiger partial charge in [-0.25, -0.2) is 19.7 Å². The van der Waals surface area contributed by atoms with Crippen molar-refractivity contribution in [2.75, 3.05) is 6.61 Å². The molecule has 6 heteroatoms. The molecular weight excluding hydrogens is 256 g/mol. The zero-order chi connectivity index (χ0) is 14.3. The van der Waals surface area contributed by atoms with Crippen molar-refractivity contribution in [3.8, 4) is 0 Å². The first-order valence-electron chi connectivity index (χ1n) is 6.40. The maximum absolute atomic E-state index is 11.6. The standard InChI is InChI=1S/C14H14N4O2/c1-4-20-14(19)13-17-11-12(18-13)16-10-6-8(3)7(2)5-9(10)15-11/h5-6H,4H2,1-3H3,(H,15,16,17,18). The zero-order valence-electron chi connectivity index (χ0n) is 11.5. The molecule has 0 saturated heterocycles. The molecule has 0 fully saturated rings. The van der Waals surface area contributed by atoms with Crippen LogP contribution in [0.15, 0.2) is 12.1 Å². The fourth-order valence-corrected chi connectivity index (χ4v) is 2.01. The largest absolute Gasteiger partial charge is 0.460 e. The Morgan fingerprint density at radius 1 is 1.15 bits per heavy atom. The summed E-state index contributed by atoms with van der Waals surface area (Å²) in [6, 6.07) is 3.94. The molecule has 0 aliphatic heterocycles. The van der Waals surface area contributed by atoms with Gasteiger partial charge < -0.3 is 9.72 Å². The molecule has 0 radical (unpaired) electrons. The number of carbonyl (C=O) groups excluding carboxylic acids is 1. The number of imidazole rings is 1. The van der Waals surface area contributed by atoms with Gasteiger partial charge in [-0.2, -0.15) is 0 Å². The van der Waals surface area contributed by atoms with Crippen LogP contribution < -0.4 is 0 Å². The fraction of sp³-hybridized carbons (Fsp3) is 0.286. The molecule has 0 aliphatic carbocycles. The van der Waals surface area contributed by atoms with E-state index in [9.17, 15) is 4.79 Å². The van der Waals surface area contributed by atoms with E-state index in [1.807, 2.05) is 26.0 Å². The first kappa shape index (κ1) is 12.5. The van der Waals surface area contributed by atoms with Crippen LogP contribution >= 0.6 is 0 Å². The minimum Gasteiger partial charge on any atom is -0.460 e. The summed E-state index contributed by atoms with van der Waals surface area (Å²) in [6.07, 6.45) is 0. The van der Waals surface area contributed by atoms with Crippen molar-refractivity contribution in [2.24, 2.45) is 0 Å². The summed E-state index contributed by atoms with van der Waals surface area (Å²) in [6.45, 7) is 6.10. The minimum atomic E-state index is -0.497. The van der Waals surface area contributed by atoms with Crippen LogP contribution in [0, 0.1) is 13.8 Å².